The molecule has 258 valence electrons. The minimum absolute atomic E-state index is 0.0419. The number of rotatable bonds is 11. The SMILES string of the molecule is CCN(C(=O)[C@@H]1CCN(CC(=O)N2CCN(c3ncc(-c4ncn(C)n4)s3)CC2)C1)c1ccc(N)c(C(=N)c2ccc(OC(C)C)cc2)n1. The zero-order valence-corrected chi connectivity index (χ0v) is 29.2. The second-order valence-corrected chi connectivity index (χ2v) is 13.6. The molecule has 0 unspecified atom stereocenters. The van der Waals surface area contributed by atoms with Crippen molar-refractivity contribution >= 4 is 45.5 Å². The van der Waals surface area contributed by atoms with Crippen molar-refractivity contribution in [2.24, 2.45) is 13.0 Å². The van der Waals surface area contributed by atoms with Crippen LogP contribution < -0.4 is 20.3 Å². The Balaban J connectivity index is 1.02. The van der Waals surface area contributed by atoms with Crippen molar-refractivity contribution < 1.29 is 14.3 Å². The molecule has 6 rings (SSSR count). The van der Waals surface area contributed by atoms with Crippen LogP contribution in [0.3, 0.4) is 0 Å². The average Bonchev–Trinajstić information content (AvgIpc) is 3.87. The van der Waals surface area contributed by atoms with Gasteiger partial charge in [-0.2, -0.15) is 5.10 Å². The van der Waals surface area contributed by atoms with Crippen molar-refractivity contribution in [2.45, 2.75) is 33.3 Å². The Morgan fingerprint density at radius 2 is 1.84 bits per heavy atom. The van der Waals surface area contributed by atoms with Gasteiger partial charge in [-0.05, 0) is 70.1 Å². The van der Waals surface area contributed by atoms with Gasteiger partial charge in [-0.25, -0.2) is 15.0 Å². The smallest absolute Gasteiger partial charge is 0.236 e. The van der Waals surface area contributed by atoms with Gasteiger partial charge in [-0.3, -0.25) is 29.5 Å². The molecule has 2 amide bonds. The molecule has 0 spiro atoms. The number of nitrogens with two attached hydrogens (primary N) is 1. The standard InChI is InChI=1S/C34H43N11O3S/c1-5-45(28-11-10-26(35)31(39-28)30(36)23-6-8-25(9-7-23)48-22(2)3)33(47)24-12-13-42(19-24)20-29(46)43-14-16-44(17-15-43)34-37-18-27(49-34)32-38-21-41(4)40-32/h6-11,18,21-22,24,36H,5,12-17,19-20,35H2,1-4H3/t24-/m1/s1. The minimum atomic E-state index is -0.256. The molecule has 4 aromatic rings. The third-order valence-corrected chi connectivity index (χ3v) is 9.77. The number of carbonyl (C=O) groups excluding carboxylic acids is 2. The minimum Gasteiger partial charge on any atom is -0.491 e. The van der Waals surface area contributed by atoms with E-state index in [2.05, 4.69) is 24.9 Å². The molecule has 0 radical (unpaired) electrons. The molecular weight excluding hydrogens is 643 g/mol. The summed E-state index contributed by atoms with van der Waals surface area (Å²) in [7, 11) is 1.84. The van der Waals surface area contributed by atoms with Crippen molar-refractivity contribution in [3.63, 3.8) is 0 Å². The molecule has 2 saturated heterocycles. The first-order chi connectivity index (χ1) is 23.6. The van der Waals surface area contributed by atoms with E-state index < -0.39 is 0 Å². The van der Waals surface area contributed by atoms with E-state index in [4.69, 9.17) is 20.9 Å². The number of benzene rings is 1. The molecule has 5 heterocycles. The number of anilines is 3. The van der Waals surface area contributed by atoms with E-state index in [1.807, 2.05) is 57.0 Å². The highest BCUT2D eigenvalue weighted by molar-refractivity contribution is 7.18. The molecule has 3 N–H and O–H groups in total. The zero-order chi connectivity index (χ0) is 34.7. The number of aromatic nitrogens is 5. The molecule has 1 atom stereocenters. The number of amides is 2. The fourth-order valence-corrected chi connectivity index (χ4v) is 7.06. The summed E-state index contributed by atoms with van der Waals surface area (Å²) in [6, 6.07) is 10.7. The van der Waals surface area contributed by atoms with Crippen LogP contribution in [-0.4, -0.2) is 111 Å². The molecule has 1 aromatic carbocycles. The highest BCUT2D eigenvalue weighted by atomic mass is 32.1. The lowest BCUT2D eigenvalue weighted by atomic mass is 10.0. The van der Waals surface area contributed by atoms with Crippen LogP contribution in [0.5, 0.6) is 5.75 Å². The van der Waals surface area contributed by atoms with Crippen LogP contribution in [0.15, 0.2) is 48.9 Å². The molecule has 49 heavy (non-hydrogen) atoms. The monoisotopic (exact) mass is 685 g/mol. The normalized spacial score (nSPS) is 16.7. The Morgan fingerprint density at radius 1 is 1.08 bits per heavy atom. The molecule has 2 aliphatic rings. The van der Waals surface area contributed by atoms with Crippen molar-refractivity contribution in [3.05, 3.63) is 60.2 Å². The lowest BCUT2D eigenvalue weighted by Crippen LogP contribution is -2.51. The van der Waals surface area contributed by atoms with E-state index in [0.29, 0.717) is 80.8 Å². The molecule has 2 aliphatic heterocycles. The molecule has 0 aliphatic carbocycles. The van der Waals surface area contributed by atoms with E-state index in [1.54, 1.807) is 45.6 Å². The van der Waals surface area contributed by atoms with Crippen LogP contribution in [0, 0.1) is 11.3 Å². The summed E-state index contributed by atoms with van der Waals surface area (Å²) in [5, 5.41) is 14.1. The number of thiazole rings is 1. The summed E-state index contributed by atoms with van der Waals surface area (Å²) in [5.74, 6) is 1.61. The van der Waals surface area contributed by atoms with Crippen molar-refractivity contribution in [3.8, 4) is 16.5 Å². The number of hydrogen-bond donors (Lipinski definition) is 2. The molecule has 15 heteroatoms. The second kappa shape index (κ2) is 14.7. The molecule has 0 bridgehead atoms. The number of pyridine rings is 1. The van der Waals surface area contributed by atoms with Gasteiger partial charge in [0.05, 0.1) is 41.0 Å². The van der Waals surface area contributed by atoms with Gasteiger partial charge < -0.3 is 20.3 Å². The lowest BCUT2D eigenvalue weighted by molar-refractivity contribution is -0.132. The van der Waals surface area contributed by atoms with E-state index >= 15 is 0 Å². The Hall–Kier alpha value is -4.89. The van der Waals surface area contributed by atoms with Gasteiger partial charge in [0.15, 0.2) is 11.0 Å². The number of piperazine rings is 1. The van der Waals surface area contributed by atoms with Crippen molar-refractivity contribution in [1.29, 1.82) is 5.41 Å². The van der Waals surface area contributed by atoms with Gasteiger partial charge in [-0.15, -0.1) is 0 Å². The van der Waals surface area contributed by atoms with Gasteiger partial charge >= 0.3 is 0 Å². The topological polar surface area (TPSA) is 163 Å². The fraction of sp³-hybridized carbons (Fsp3) is 0.441. The number of nitrogens with zero attached hydrogens (tertiary/aromatic N) is 9. The van der Waals surface area contributed by atoms with E-state index in [9.17, 15) is 9.59 Å². The van der Waals surface area contributed by atoms with Gasteiger partial charge in [0, 0.05) is 51.9 Å². The summed E-state index contributed by atoms with van der Waals surface area (Å²) in [4.78, 5) is 49.4. The van der Waals surface area contributed by atoms with Gasteiger partial charge in [0.2, 0.25) is 11.8 Å². The number of nitrogen functional groups attached to an aromatic ring is 1. The number of hydrogen-bond acceptors (Lipinski definition) is 12. The highest BCUT2D eigenvalue weighted by Crippen LogP contribution is 2.30. The van der Waals surface area contributed by atoms with Gasteiger partial charge in [0.25, 0.3) is 0 Å². The van der Waals surface area contributed by atoms with Crippen LogP contribution in [-0.2, 0) is 16.6 Å². The van der Waals surface area contributed by atoms with E-state index in [0.717, 1.165) is 15.8 Å². The van der Waals surface area contributed by atoms with Gasteiger partial charge in [0.1, 0.15) is 23.6 Å². The molecule has 0 saturated carbocycles. The molecule has 3 aromatic heterocycles. The third kappa shape index (κ3) is 7.73. The summed E-state index contributed by atoms with van der Waals surface area (Å²) >= 11 is 1.55. The van der Waals surface area contributed by atoms with Gasteiger partial charge in [-0.1, -0.05) is 11.3 Å². The van der Waals surface area contributed by atoms with Crippen LogP contribution >= 0.6 is 11.3 Å². The maximum atomic E-state index is 13.8. The first-order valence-corrected chi connectivity index (χ1v) is 17.4. The number of nitrogens with one attached hydrogen (secondary N) is 1. The van der Waals surface area contributed by atoms with Crippen LogP contribution in [0.1, 0.15) is 38.4 Å². The predicted octanol–water partition coefficient (Wildman–Crippen LogP) is 3.14. The average molecular weight is 686 g/mol. The summed E-state index contributed by atoms with van der Waals surface area (Å²) in [5.41, 5.74) is 7.77. The van der Waals surface area contributed by atoms with Crippen molar-refractivity contribution in [1.82, 2.24) is 34.5 Å². The highest BCUT2D eigenvalue weighted by Gasteiger charge is 2.34. The maximum Gasteiger partial charge on any atom is 0.236 e. The summed E-state index contributed by atoms with van der Waals surface area (Å²) in [6.07, 6.45) is 4.18. The first-order valence-electron chi connectivity index (χ1n) is 16.6. The Bertz CT molecular complexity index is 1800. The zero-order valence-electron chi connectivity index (χ0n) is 28.4. The van der Waals surface area contributed by atoms with Crippen molar-refractivity contribution in [2.75, 3.05) is 67.9 Å². The quantitative estimate of drug-likeness (QED) is 0.224. The van der Waals surface area contributed by atoms with E-state index in [-0.39, 0.29) is 36.1 Å². The number of aryl methyl sites for hydroxylation is 1. The first kappa shape index (κ1) is 34.0. The fourth-order valence-electron chi connectivity index (χ4n) is 6.15. The third-order valence-electron chi connectivity index (χ3n) is 8.72. The second-order valence-electron chi connectivity index (χ2n) is 12.6. The molecule has 14 nitrogen and oxygen atoms in total. The molecular formula is C34H43N11O3S. The Kier molecular flexibility index (Phi) is 10.2. The predicted molar refractivity (Wildman–Crippen MR) is 190 cm³/mol. The Morgan fingerprint density at radius 3 is 2.51 bits per heavy atom. The van der Waals surface area contributed by atoms with Crippen LogP contribution in [0.25, 0.3) is 10.7 Å². The number of ether oxygens (including phenoxy) is 1. The number of likely N-dealkylation sites (tertiary alicyclic amines) is 1. The molecule has 2 fully saturated rings. The van der Waals surface area contributed by atoms with Crippen LogP contribution in [0.4, 0.5) is 16.6 Å². The Labute approximate surface area is 290 Å². The van der Waals surface area contributed by atoms with E-state index in [1.165, 1.54) is 0 Å². The lowest BCUT2D eigenvalue weighted by Gasteiger charge is -2.35. The number of carbonyl (C=O) groups is 2. The largest absolute Gasteiger partial charge is 0.491 e. The summed E-state index contributed by atoms with van der Waals surface area (Å²) in [6.45, 7) is 10.3. The summed E-state index contributed by atoms with van der Waals surface area (Å²) < 4.78 is 7.39. The maximum absolute atomic E-state index is 13.8. The van der Waals surface area contributed by atoms with Crippen LogP contribution in [0.2, 0.25) is 0 Å².